The van der Waals surface area contributed by atoms with E-state index < -0.39 is 17.6 Å². The van der Waals surface area contributed by atoms with Gasteiger partial charge in [0.1, 0.15) is 11.6 Å². The molecule has 1 aromatic heterocycles. The van der Waals surface area contributed by atoms with Gasteiger partial charge in [-0.25, -0.2) is 9.37 Å². The highest BCUT2D eigenvalue weighted by Crippen LogP contribution is 2.35. The molecule has 3 rings (SSSR count). The Labute approximate surface area is 167 Å². The Morgan fingerprint density at radius 3 is 2.75 bits per heavy atom. The fourth-order valence-electron chi connectivity index (χ4n) is 3.41. The summed E-state index contributed by atoms with van der Waals surface area (Å²) < 4.78 is 13.5. The number of amides is 2. The highest BCUT2D eigenvalue weighted by molar-refractivity contribution is 6.39. The minimum atomic E-state index is -0.752. The van der Waals surface area contributed by atoms with Crippen LogP contribution in [-0.4, -0.2) is 28.2 Å². The van der Waals surface area contributed by atoms with E-state index in [0.29, 0.717) is 35.6 Å². The molecule has 1 saturated heterocycles. The summed E-state index contributed by atoms with van der Waals surface area (Å²) in [4.78, 5) is 31.0. The lowest BCUT2D eigenvalue weighted by atomic mass is 9.89. The largest absolute Gasteiger partial charge is 0.383 e. The average Bonchev–Trinajstić information content (AvgIpc) is 2.66. The van der Waals surface area contributed by atoms with Crippen molar-refractivity contribution in [3.63, 3.8) is 0 Å². The molecule has 28 heavy (non-hydrogen) atoms. The van der Waals surface area contributed by atoms with Gasteiger partial charge < -0.3 is 16.0 Å². The molecular formula is C20H22ClFN4O2. The Kier molecular flexibility index (Phi) is 5.84. The second-order valence-electron chi connectivity index (χ2n) is 7.21. The van der Waals surface area contributed by atoms with Crippen LogP contribution >= 0.6 is 11.6 Å². The van der Waals surface area contributed by atoms with Crippen LogP contribution in [0.3, 0.4) is 0 Å². The van der Waals surface area contributed by atoms with E-state index in [-0.39, 0.29) is 17.0 Å². The summed E-state index contributed by atoms with van der Waals surface area (Å²) in [6, 6.07) is 5.72. The summed E-state index contributed by atoms with van der Waals surface area (Å²) in [6.45, 7) is 4.23. The number of halogens is 2. The number of pyridine rings is 1. The third kappa shape index (κ3) is 4.25. The summed E-state index contributed by atoms with van der Waals surface area (Å²) in [6.07, 6.45) is 2.97. The summed E-state index contributed by atoms with van der Waals surface area (Å²) in [5.41, 5.74) is 7.50. The van der Waals surface area contributed by atoms with Crippen molar-refractivity contribution < 1.29 is 14.0 Å². The van der Waals surface area contributed by atoms with E-state index in [4.69, 9.17) is 17.3 Å². The summed E-state index contributed by atoms with van der Waals surface area (Å²) in [5.74, 6) is -1.30. The van der Waals surface area contributed by atoms with Gasteiger partial charge >= 0.3 is 11.8 Å². The highest BCUT2D eigenvalue weighted by atomic mass is 35.5. The maximum atomic E-state index is 13.5. The topological polar surface area (TPSA) is 88.3 Å². The maximum Gasteiger partial charge on any atom is 0.313 e. The number of nitrogens with one attached hydrogen (secondary N) is 1. The molecule has 6 nitrogen and oxygen atoms in total. The Morgan fingerprint density at radius 1 is 1.32 bits per heavy atom. The normalized spacial score (nSPS) is 19.4. The average molecular weight is 405 g/mol. The van der Waals surface area contributed by atoms with Crippen molar-refractivity contribution in [1.29, 1.82) is 0 Å². The SMILES string of the molecule is Cc1cc(NC(=O)C(=O)N2C[C@H](C)CC[C@H]2c2ccc(F)c(Cl)c2)cnc1N. The molecule has 0 spiro atoms. The van der Waals surface area contributed by atoms with Gasteiger partial charge in [-0.2, -0.15) is 0 Å². The Morgan fingerprint density at radius 2 is 2.07 bits per heavy atom. The molecule has 1 fully saturated rings. The number of nitrogens with zero attached hydrogens (tertiary/aromatic N) is 2. The van der Waals surface area contributed by atoms with Gasteiger partial charge in [0, 0.05) is 6.54 Å². The number of likely N-dealkylation sites (tertiary alicyclic amines) is 1. The number of carbonyl (C=O) groups is 2. The third-order valence-corrected chi connectivity index (χ3v) is 5.27. The van der Waals surface area contributed by atoms with Crippen molar-refractivity contribution in [2.75, 3.05) is 17.6 Å². The molecule has 1 aliphatic rings. The minimum Gasteiger partial charge on any atom is -0.383 e. The minimum absolute atomic E-state index is 0.00334. The first kappa shape index (κ1) is 20.1. The molecule has 2 atom stereocenters. The number of rotatable bonds is 2. The second-order valence-corrected chi connectivity index (χ2v) is 7.62. The van der Waals surface area contributed by atoms with Gasteiger partial charge in [0.25, 0.3) is 0 Å². The number of hydrogen-bond donors (Lipinski definition) is 2. The van der Waals surface area contributed by atoms with Crippen molar-refractivity contribution >= 4 is 34.9 Å². The van der Waals surface area contributed by atoms with E-state index in [0.717, 1.165) is 6.42 Å². The Hall–Kier alpha value is -2.67. The van der Waals surface area contributed by atoms with Gasteiger partial charge in [-0.1, -0.05) is 24.6 Å². The molecule has 3 N–H and O–H groups in total. The van der Waals surface area contributed by atoms with Crippen LogP contribution in [0.1, 0.15) is 36.9 Å². The fraction of sp³-hybridized carbons (Fsp3) is 0.350. The zero-order valence-electron chi connectivity index (χ0n) is 15.7. The van der Waals surface area contributed by atoms with Crippen LogP contribution in [0.4, 0.5) is 15.9 Å². The van der Waals surface area contributed by atoms with E-state index in [1.54, 1.807) is 19.1 Å². The highest BCUT2D eigenvalue weighted by Gasteiger charge is 2.34. The van der Waals surface area contributed by atoms with Crippen LogP contribution < -0.4 is 11.1 Å². The first-order chi connectivity index (χ1) is 13.3. The number of hydrogen-bond acceptors (Lipinski definition) is 4. The van der Waals surface area contributed by atoms with Crippen molar-refractivity contribution in [2.45, 2.75) is 32.7 Å². The number of anilines is 2. The number of aryl methyl sites for hydroxylation is 1. The smallest absolute Gasteiger partial charge is 0.313 e. The van der Waals surface area contributed by atoms with Crippen LogP contribution in [0, 0.1) is 18.7 Å². The molecule has 1 aliphatic heterocycles. The van der Waals surface area contributed by atoms with Gasteiger partial charge in [0.2, 0.25) is 0 Å². The number of carbonyl (C=O) groups excluding carboxylic acids is 2. The monoisotopic (exact) mass is 404 g/mol. The molecule has 1 aromatic carbocycles. The standard InChI is InChI=1S/C20H22ClFN4O2/c1-11-3-6-17(13-4-5-16(22)15(21)8-13)26(10-11)20(28)19(27)25-14-7-12(2)18(23)24-9-14/h4-5,7-9,11,17H,3,6,10H2,1-2H3,(H2,23,24)(H,25,27)/t11-,17+/m1/s1. The molecule has 148 valence electrons. The maximum absolute atomic E-state index is 13.5. The van der Waals surface area contributed by atoms with E-state index in [2.05, 4.69) is 10.3 Å². The second kappa shape index (κ2) is 8.14. The molecule has 2 amide bonds. The summed E-state index contributed by atoms with van der Waals surface area (Å²) in [5, 5.41) is 2.58. The number of benzene rings is 1. The first-order valence-electron chi connectivity index (χ1n) is 9.05. The number of piperidine rings is 1. The molecule has 0 radical (unpaired) electrons. The first-order valence-corrected chi connectivity index (χ1v) is 9.43. The summed E-state index contributed by atoms with van der Waals surface area (Å²) >= 11 is 5.91. The van der Waals surface area contributed by atoms with Crippen molar-refractivity contribution in [1.82, 2.24) is 9.88 Å². The van der Waals surface area contributed by atoms with Crippen molar-refractivity contribution in [2.24, 2.45) is 5.92 Å². The molecule has 8 heteroatoms. The molecular weight excluding hydrogens is 383 g/mol. The van der Waals surface area contributed by atoms with Gasteiger partial charge in [-0.3, -0.25) is 9.59 Å². The van der Waals surface area contributed by atoms with Gasteiger partial charge in [-0.15, -0.1) is 0 Å². The molecule has 0 aliphatic carbocycles. The van der Waals surface area contributed by atoms with Crippen LogP contribution in [0.2, 0.25) is 5.02 Å². The number of aromatic nitrogens is 1. The molecule has 2 aromatic rings. The molecule has 0 unspecified atom stereocenters. The number of nitrogen functional groups attached to an aromatic ring is 1. The van der Waals surface area contributed by atoms with E-state index >= 15 is 0 Å². The van der Waals surface area contributed by atoms with Crippen LogP contribution in [0.15, 0.2) is 30.5 Å². The fourth-order valence-corrected chi connectivity index (χ4v) is 3.60. The van der Waals surface area contributed by atoms with Crippen molar-refractivity contribution in [3.8, 4) is 0 Å². The quantitative estimate of drug-likeness (QED) is 0.747. The Bertz CT molecular complexity index is 921. The van der Waals surface area contributed by atoms with E-state index in [1.807, 2.05) is 6.92 Å². The van der Waals surface area contributed by atoms with Crippen molar-refractivity contribution in [3.05, 3.63) is 52.4 Å². The van der Waals surface area contributed by atoms with Crippen LogP contribution in [0.25, 0.3) is 0 Å². The molecule has 0 bridgehead atoms. The predicted molar refractivity (Wildman–Crippen MR) is 106 cm³/mol. The van der Waals surface area contributed by atoms with Crippen LogP contribution in [0.5, 0.6) is 0 Å². The Balaban J connectivity index is 1.82. The van der Waals surface area contributed by atoms with Crippen LogP contribution in [-0.2, 0) is 9.59 Å². The van der Waals surface area contributed by atoms with Gasteiger partial charge in [0.15, 0.2) is 0 Å². The van der Waals surface area contributed by atoms with E-state index in [1.165, 1.54) is 23.2 Å². The van der Waals surface area contributed by atoms with Gasteiger partial charge in [-0.05, 0) is 55.0 Å². The van der Waals surface area contributed by atoms with Gasteiger partial charge in [0.05, 0.1) is 22.9 Å². The van der Waals surface area contributed by atoms with E-state index in [9.17, 15) is 14.0 Å². The zero-order valence-corrected chi connectivity index (χ0v) is 16.5. The lowest BCUT2D eigenvalue weighted by molar-refractivity contribution is -0.146. The lowest BCUT2D eigenvalue weighted by Gasteiger charge is -2.38. The number of nitrogens with two attached hydrogens (primary N) is 1. The predicted octanol–water partition coefficient (Wildman–Crippen LogP) is 3.70. The summed E-state index contributed by atoms with van der Waals surface area (Å²) in [7, 11) is 0. The molecule has 2 heterocycles. The third-order valence-electron chi connectivity index (χ3n) is 4.98. The lowest BCUT2D eigenvalue weighted by Crippen LogP contribution is -2.46. The zero-order chi connectivity index (χ0) is 20.4. The molecule has 0 saturated carbocycles.